The summed E-state index contributed by atoms with van der Waals surface area (Å²) in [5.74, 6) is 0.775. The van der Waals surface area contributed by atoms with Crippen molar-refractivity contribution in [3.8, 4) is 0 Å². The fraction of sp³-hybridized carbons (Fsp3) is 0.778. The minimum Gasteiger partial charge on any atom is -0.311 e. The third-order valence-corrected chi connectivity index (χ3v) is 5.89. The predicted octanol–water partition coefficient (Wildman–Crippen LogP) is 4.17. The van der Waals surface area contributed by atoms with Crippen molar-refractivity contribution in [2.45, 2.75) is 65.0 Å². The topological polar surface area (TPSA) is 15.3 Å². The summed E-state index contributed by atoms with van der Waals surface area (Å²) in [4.78, 5) is 2.79. The zero-order valence-electron chi connectivity index (χ0n) is 14.2. The second-order valence-corrected chi connectivity index (χ2v) is 7.75. The molecule has 2 nitrogen and oxygen atoms in total. The number of thiophene rings is 1. The van der Waals surface area contributed by atoms with Crippen LogP contribution in [0.3, 0.4) is 0 Å². The first-order chi connectivity index (χ1) is 10.1. The molecule has 1 aliphatic rings. The molecule has 1 atom stereocenters. The molecule has 0 aromatic carbocycles. The van der Waals surface area contributed by atoms with Crippen molar-refractivity contribution in [3.05, 3.63) is 22.4 Å². The summed E-state index contributed by atoms with van der Waals surface area (Å²) in [5, 5.41) is 8.32. The maximum Gasteiger partial charge on any atom is 0.0329 e. The molecule has 2 heterocycles. The van der Waals surface area contributed by atoms with E-state index in [9.17, 15) is 0 Å². The van der Waals surface area contributed by atoms with Gasteiger partial charge < -0.3 is 5.32 Å². The Labute approximate surface area is 134 Å². The van der Waals surface area contributed by atoms with Crippen LogP contribution in [0.1, 0.15) is 52.5 Å². The fourth-order valence-electron chi connectivity index (χ4n) is 3.67. The van der Waals surface area contributed by atoms with E-state index in [0.717, 1.165) is 12.5 Å². The van der Waals surface area contributed by atoms with E-state index in [-0.39, 0.29) is 0 Å². The molecule has 1 N–H and O–H groups in total. The van der Waals surface area contributed by atoms with E-state index in [4.69, 9.17) is 0 Å². The highest BCUT2D eigenvalue weighted by atomic mass is 32.1. The molecular weight excluding hydrogens is 276 g/mol. The molecule has 2 rings (SSSR count). The van der Waals surface area contributed by atoms with Gasteiger partial charge in [0, 0.05) is 31.2 Å². The Morgan fingerprint density at radius 3 is 2.71 bits per heavy atom. The van der Waals surface area contributed by atoms with Crippen LogP contribution in [0.2, 0.25) is 0 Å². The van der Waals surface area contributed by atoms with Crippen LogP contribution in [0.4, 0.5) is 0 Å². The lowest BCUT2D eigenvalue weighted by molar-refractivity contribution is 0.0286. The van der Waals surface area contributed by atoms with E-state index in [1.807, 2.05) is 11.3 Å². The molecule has 0 bridgehead atoms. The number of hydrogen-bond acceptors (Lipinski definition) is 3. The Morgan fingerprint density at radius 1 is 1.38 bits per heavy atom. The third kappa shape index (κ3) is 4.30. The summed E-state index contributed by atoms with van der Waals surface area (Å²) in [6.07, 6.45) is 4.97. The van der Waals surface area contributed by atoms with Crippen molar-refractivity contribution < 1.29 is 0 Å². The molecule has 0 saturated carbocycles. The average Bonchev–Trinajstić information content (AvgIpc) is 2.98. The summed E-state index contributed by atoms with van der Waals surface area (Å²) in [6, 6.07) is 2.94. The Morgan fingerprint density at radius 2 is 2.14 bits per heavy atom. The average molecular weight is 309 g/mol. The molecule has 0 aliphatic carbocycles. The largest absolute Gasteiger partial charge is 0.311 e. The maximum atomic E-state index is 3.83. The van der Waals surface area contributed by atoms with Gasteiger partial charge in [0.2, 0.25) is 0 Å². The van der Waals surface area contributed by atoms with Gasteiger partial charge in [-0.25, -0.2) is 0 Å². The van der Waals surface area contributed by atoms with E-state index < -0.39 is 0 Å². The summed E-state index contributed by atoms with van der Waals surface area (Å²) in [5.41, 5.74) is 1.86. The van der Waals surface area contributed by atoms with E-state index in [1.54, 1.807) is 0 Å². The van der Waals surface area contributed by atoms with Crippen molar-refractivity contribution in [1.82, 2.24) is 10.2 Å². The molecule has 1 aromatic heterocycles. The Kier molecular flexibility index (Phi) is 6.27. The molecule has 120 valence electrons. The highest BCUT2D eigenvalue weighted by Crippen LogP contribution is 2.28. The Balaban J connectivity index is 2.01. The molecule has 1 saturated heterocycles. The molecule has 1 fully saturated rings. The van der Waals surface area contributed by atoms with Crippen LogP contribution in [0.5, 0.6) is 0 Å². The van der Waals surface area contributed by atoms with Crippen LogP contribution in [-0.4, -0.2) is 36.1 Å². The summed E-state index contributed by atoms with van der Waals surface area (Å²) >= 11 is 1.82. The van der Waals surface area contributed by atoms with Crippen molar-refractivity contribution in [2.75, 3.05) is 19.6 Å². The molecule has 0 spiro atoms. The van der Waals surface area contributed by atoms with Gasteiger partial charge >= 0.3 is 0 Å². The van der Waals surface area contributed by atoms with E-state index in [1.165, 1.54) is 44.3 Å². The van der Waals surface area contributed by atoms with Crippen molar-refractivity contribution in [1.29, 1.82) is 0 Å². The van der Waals surface area contributed by atoms with Crippen LogP contribution < -0.4 is 5.32 Å². The SMILES string of the molecule is CCC1(CC)CNC(CC(C)C)CN1CCc1ccsc1. The predicted molar refractivity (Wildman–Crippen MR) is 94.2 cm³/mol. The van der Waals surface area contributed by atoms with E-state index in [2.05, 4.69) is 54.7 Å². The lowest BCUT2D eigenvalue weighted by Crippen LogP contribution is -2.64. The number of nitrogens with zero attached hydrogens (tertiary/aromatic N) is 1. The second-order valence-electron chi connectivity index (χ2n) is 6.97. The number of rotatable bonds is 7. The number of hydrogen-bond donors (Lipinski definition) is 1. The number of nitrogens with one attached hydrogen (secondary N) is 1. The molecule has 21 heavy (non-hydrogen) atoms. The van der Waals surface area contributed by atoms with Gasteiger partial charge in [-0.1, -0.05) is 27.7 Å². The van der Waals surface area contributed by atoms with Crippen molar-refractivity contribution >= 4 is 11.3 Å². The van der Waals surface area contributed by atoms with Gasteiger partial charge in [-0.05, 0) is 54.0 Å². The van der Waals surface area contributed by atoms with Gasteiger partial charge in [-0.2, -0.15) is 11.3 Å². The van der Waals surface area contributed by atoms with Crippen LogP contribution in [0, 0.1) is 5.92 Å². The Hall–Kier alpha value is -0.380. The molecule has 1 aromatic rings. The summed E-state index contributed by atoms with van der Waals surface area (Å²) in [6.45, 7) is 12.9. The first-order valence-corrected chi connectivity index (χ1v) is 9.53. The first-order valence-electron chi connectivity index (χ1n) is 8.59. The van der Waals surface area contributed by atoms with Crippen LogP contribution >= 0.6 is 11.3 Å². The normalized spacial score (nSPS) is 22.8. The van der Waals surface area contributed by atoms with E-state index in [0.29, 0.717) is 11.6 Å². The summed E-state index contributed by atoms with van der Waals surface area (Å²) < 4.78 is 0. The third-order valence-electron chi connectivity index (χ3n) is 5.15. The molecule has 0 radical (unpaired) electrons. The van der Waals surface area contributed by atoms with Gasteiger partial charge in [0.15, 0.2) is 0 Å². The lowest BCUT2D eigenvalue weighted by atomic mass is 9.85. The van der Waals surface area contributed by atoms with Crippen LogP contribution in [-0.2, 0) is 6.42 Å². The molecule has 1 aliphatic heterocycles. The van der Waals surface area contributed by atoms with E-state index >= 15 is 0 Å². The van der Waals surface area contributed by atoms with Gasteiger partial charge in [0.05, 0.1) is 0 Å². The molecule has 0 amide bonds. The Bertz CT molecular complexity index is 395. The van der Waals surface area contributed by atoms with Crippen LogP contribution in [0.15, 0.2) is 16.8 Å². The molecular formula is C18H32N2S. The standard InChI is InChI=1S/C18H32N2S/c1-5-18(6-2)14-19-17(11-15(3)4)12-20(18)9-7-16-8-10-21-13-16/h8,10,13,15,17,19H,5-7,9,11-12,14H2,1-4H3. The lowest BCUT2D eigenvalue weighted by Gasteiger charge is -2.50. The van der Waals surface area contributed by atoms with Gasteiger partial charge in [0.1, 0.15) is 0 Å². The van der Waals surface area contributed by atoms with Gasteiger partial charge in [0.25, 0.3) is 0 Å². The zero-order valence-corrected chi connectivity index (χ0v) is 15.0. The maximum absolute atomic E-state index is 3.83. The monoisotopic (exact) mass is 308 g/mol. The van der Waals surface area contributed by atoms with Crippen molar-refractivity contribution in [3.63, 3.8) is 0 Å². The molecule has 3 heteroatoms. The van der Waals surface area contributed by atoms with Gasteiger partial charge in [-0.3, -0.25) is 4.90 Å². The highest BCUT2D eigenvalue weighted by Gasteiger charge is 2.38. The molecule has 1 unspecified atom stereocenters. The van der Waals surface area contributed by atoms with Crippen LogP contribution in [0.25, 0.3) is 0 Å². The fourth-order valence-corrected chi connectivity index (χ4v) is 4.38. The van der Waals surface area contributed by atoms with Gasteiger partial charge in [-0.15, -0.1) is 0 Å². The highest BCUT2D eigenvalue weighted by molar-refractivity contribution is 7.07. The number of piperazine rings is 1. The first kappa shape index (κ1) is 17.0. The van der Waals surface area contributed by atoms with Crippen molar-refractivity contribution in [2.24, 2.45) is 5.92 Å². The summed E-state index contributed by atoms with van der Waals surface area (Å²) in [7, 11) is 0. The zero-order chi connectivity index (χ0) is 15.3. The minimum absolute atomic E-state index is 0.365. The quantitative estimate of drug-likeness (QED) is 0.813. The second kappa shape index (κ2) is 7.75. The smallest absolute Gasteiger partial charge is 0.0329 e. The minimum atomic E-state index is 0.365.